The molecule has 4 heterocycles. The summed E-state index contributed by atoms with van der Waals surface area (Å²) in [6.07, 6.45) is 2.03. The second kappa shape index (κ2) is 17.5. The number of benzene rings is 2. The monoisotopic (exact) mass is 879 g/mol. The highest BCUT2D eigenvalue weighted by molar-refractivity contribution is 7.91. The van der Waals surface area contributed by atoms with Crippen molar-refractivity contribution in [2.24, 2.45) is 17.8 Å². The Balaban J connectivity index is 1.11. The SMILES string of the molecule is COc1ccc2c(O[C@@H]3C[C@H]4C(=O)N[C@]5(C(=O)NS(=O)(=O)C6CC6)C[C@H]5C=CCCCCC[C@H](CC(=O)N5CCC(C(F)(F)F)CC5)C(=O)N4C3)cc(-c3ccccc3)nc2c1. The molecule has 62 heavy (non-hydrogen) atoms. The Labute approximate surface area is 358 Å². The fourth-order valence-corrected chi connectivity index (χ4v) is 10.5. The lowest BCUT2D eigenvalue weighted by molar-refractivity contribution is -0.186. The minimum Gasteiger partial charge on any atom is -0.497 e. The standard InChI is InChI=1S/C45H52F3N5O8S/c1-60-32-14-17-35-37(23-32)49-36(28-10-7-5-8-11-28)25-39(35)61-33-24-38-41(55)50-44(43(57)51-62(58,59)34-15-16-34)26-31(44)13-9-4-2-3-6-12-29(42(56)53(38)27-33)22-40(54)52-20-18-30(19-21-52)45(46,47)48/h5,7-11,13-14,17,23,25,29-31,33-34,38H,2-4,6,12,15-16,18-22,24,26-27H2,1H3,(H,50,55)(H,51,57)/t29-,31-,33-,38+,44-/m1/s1. The van der Waals surface area contributed by atoms with Gasteiger partial charge in [-0.25, -0.2) is 13.4 Å². The van der Waals surface area contributed by atoms with Crippen molar-refractivity contribution in [2.45, 2.75) is 106 Å². The summed E-state index contributed by atoms with van der Waals surface area (Å²) in [6.45, 7) is -0.198. The van der Waals surface area contributed by atoms with Gasteiger partial charge in [0.15, 0.2) is 0 Å². The summed E-state index contributed by atoms with van der Waals surface area (Å²) in [6, 6.07) is 15.5. The summed E-state index contributed by atoms with van der Waals surface area (Å²) in [4.78, 5) is 64.8. The van der Waals surface area contributed by atoms with Gasteiger partial charge < -0.3 is 24.6 Å². The molecule has 2 saturated heterocycles. The third-order valence-corrected chi connectivity index (χ3v) is 14.8. The maximum Gasteiger partial charge on any atom is 0.391 e. The number of likely N-dealkylation sites (tertiary alicyclic amines) is 1. The van der Waals surface area contributed by atoms with Gasteiger partial charge in [-0.05, 0) is 63.5 Å². The van der Waals surface area contributed by atoms with E-state index in [0.717, 1.165) is 12.0 Å². The molecule has 332 valence electrons. The molecule has 17 heteroatoms. The van der Waals surface area contributed by atoms with Crippen molar-refractivity contribution in [1.29, 1.82) is 0 Å². The zero-order valence-corrected chi connectivity index (χ0v) is 35.4. The lowest BCUT2D eigenvalue weighted by atomic mass is 9.92. The van der Waals surface area contributed by atoms with E-state index in [2.05, 4.69) is 10.0 Å². The highest BCUT2D eigenvalue weighted by Crippen LogP contribution is 2.46. The van der Waals surface area contributed by atoms with Crippen LogP contribution in [0.15, 0.2) is 66.7 Å². The molecule has 1 aromatic heterocycles. The molecule has 13 nitrogen and oxygen atoms in total. The van der Waals surface area contributed by atoms with Gasteiger partial charge in [0.25, 0.3) is 5.91 Å². The molecular weight excluding hydrogens is 828 g/mol. The quantitative estimate of drug-likeness (QED) is 0.243. The van der Waals surface area contributed by atoms with Crippen molar-refractivity contribution >= 4 is 44.6 Å². The Hall–Kier alpha value is -5.19. The number of hydrogen-bond acceptors (Lipinski definition) is 9. The number of methoxy groups -OCH3 is 1. The number of nitrogens with zero attached hydrogens (tertiary/aromatic N) is 3. The van der Waals surface area contributed by atoms with Crippen molar-refractivity contribution in [1.82, 2.24) is 24.8 Å². The molecule has 5 atom stereocenters. The van der Waals surface area contributed by atoms with E-state index in [1.165, 1.54) is 9.80 Å². The number of aromatic nitrogens is 1. The lowest BCUT2D eigenvalue weighted by Crippen LogP contribution is -2.57. The second-order valence-electron chi connectivity index (χ2n) is 17.3. The maximum absolute atomic E-state index is 14.9. The van der Waals surface area contributed by atoms with E-state index in [4.69, 9.17) is 14.5 Å². The van der Waals surface area contributed by atoms with E-state index < -0.39 is 80.5 Å². The van der Waals surface area contributed by atoms with Gasteiger partial charge in [-0.3, -0.25) is 23.9 Å². The van der Waals surface area contributed by atoms with Gasteiger partial charge >= 0.3 is 6.18 Å². The van der Waals surface area contributed by atoms with Crippen LogP contribution < -0.4 is 19.5 Å². The van der Waals surface area contributed by atoms with Gasteiger partial charge in [0.2, 0.25) is 27.7 Å². The summed E-state index contributed by atoms with van der Waals surface area (Å²) < 4.78 is 80.7. The van der Waals surface area contributed by atoms with Crippen molar-refractivity contribution in [2.75, 3.05) is 26.7 Å². The summed E-state index contributed by atoms with van der Waals surface area (Å²) in [5.41, 5.74) is 0.461. The molecule has 0 unspecified atom stereocenters. The van der Waals surface area contributed by atoms with Gasteiger partial charge in [-0.15, -0.1) is 0 Å². The fraction of sp³-hybridized carbons (Fsp3) is 0.533. The average Bonchev–Trinajstić information content (AvgIpc) is 4.19. The number of pyridine rings is 1. The average molecular weight is 880 g/mol. The molecule has 8 rings (SSSR count). The van der Waals surface area contributed by atoms with E-state index in [0.29, 0.717) is 66.6 Å². The number of fused-ring (bicyclic) bond motifs is 3. The molecule has 0 spiro atoms. The van der Waals surface area contributed by atoms with Crippen LogP contribution in [0.25, 0.3) is 22.2 Å². The zero-order chi connectivity index (χ0) is 43.8. The summed E-state index contributed by atoms with van der Waals surface area (Å²) in [5.74, 6) is -4.21. The highest BCUT2D eigenvalue weighted by Gasteiger charge is 2.62. The Morgan fingerprint density at radius 1 is 0.984 bits per heavy atom. The van der Waals surface area contributed by atoms with Crippen molar-refractivity contribution in [3.8, 4) is 22.8 Å². The van der Waals surface area contributed by atoms with Crippen LogP contribution >= 0.6 is 0 Å². The smallest absolute Gasteiger partial charge is 0.391 e. The molecule has 2 saturated carbocycles. The lowest BCUT2D eigenvalue weighted by Gasteiger charge is -2.34. The molecule has 3 aliphatic heterocycles. The first kappa shape index (κ1) is 43.5. The van der Waals surface area contributed by atoms with Crippen LogP contribution in [-0.4, -0.2) is 103 Å². The van der Waals surface area contributed by atoms with Gasteiger partial charge in [0.05, 0.1) is 36.0 Å². The summed E-state index contributed by atoms with van der Waals surface area (Å²) >= 11 is 0. The van der Waals surface area contributed by atoms with Crippen molar-refractivity contribution < 1.29 is 50.2 Å². The van der Waals surface area contributed by atoms with E-state index >= 15 is 0 Å². The van der Waals surface area contributed by atoms with E-state index in [1.54, 1.807) is 25.3 Å². The van der Waals surface area contributed by atoms with Crippen LogP contribution in [-0.2, 0) is 29.2 Å². The van der Waals surface area contributed by atoms with E-state index in [9.17, 15) is 40.8 Å². The van der Waals surface area contributed by atoms with Crippen LogP contribution in [0.5, 0.6) is 11.5 Å². The number of rotatable bonds is 9. The van der Waals surface area contributed by atoms with Gasteiger partial charge in [0, 0.05) is 60.8 Å². The van der Waals surface area contributed by atoms with Crippen molar-refractivity contribution in [3.63, 3.8) is 0 Å². The third-order valence-electron chi connectivity index (χ3n) is 13.0. The van der Waals surface area contributed by atoms with Gasteiger partial charge in [-0.1, -0.05) is 55.3 Å². The molecule has 2 aliphatic carbocycles. The maximum atomic E-state index is 14.9. The predicted molar refractivity (Wildman–Crippen MR) is 223 cm³/mol. The number of hydrogen-bond donors (Lipinski definition) is 2. The first-order valence-corrected chi connectivity index (χ1v) is 23.1. The molecule has 3 aromatic rings. The summed E-state index contributed by atoms with van der Waals surface area (Å²) in [7, 11) is -2.40. The molecule has 4 amide bonds. The molecular formula is C45H52F3N5O8S. The number of carbonyl (C=O) groups is 4. The number of nitrogens with one attached hydrogen (secondary N) is 2. The Bertz CT molecular complexity index is 2330. The molecule has 0 radical (unpaired) electrons. The topological polar surface area (TPSA) is 164 Å². The minimum atomic E-state index is -4.35. The summed E-state index contributed by atoms with van der Waals surface area (Å²) in [5, 5.41) is 2.87. The first-order valence-electron chi connectivity index (χ1n) is 21.6. The number of allylic oxidation sites excluding steroid dienone is 1. The zero-order valence-electron chi connectivity index (χ0n) is 34.6. The van der Waals surface area contributed by atoms with Crippen LogP contribution in [0, 0.1) is 17.8 Å². The molecule has 0 bridgehead atoms. The van der Waals surface area contributed by atoms with E-state index in [1.807, 2.05) is 48.6 Å². The predicted octanol–water partition coefficient (Wildman–Crippen LogP) is 6.07. The van der Waals surface area contributed by atoms with Crippen LogP contribution in [0.1, 0.15) is 77.0 Å². The van der Waals surface area contributed by atoms with Crippen molar-refractivity contribution in [3.05, 3.63) is 66.7 Å². The number of sulfonamides is 1. The number of halogens is 3. The van der Waals surface area contributed by atoms with Crippen LogP contribution in [0.2, 0.25) is 0 Å². The van der Waals surface area contributed by atoms with Gasteiger partial charge in [-0.2, -0.15) is 13.2 Å². The Kier molecular flexibility index (Phi) is 12.3. The highest BCUT2D eigenvalue weighted by atomic mass is 32.2. The van der Waals surface area contributed by atoms with Gasteiger partial charge in [0.1, 0.15) is 29.2 Å². The number of piperidine rings is 1. The first-order chi connectivity index (χ1) is 29.6. The Morgan fingerprint density at radius 3 is 2.45 bits per heavy atom. The number of ether oxygens (including phenoxy) is 2. The third kappa shape index (κ3) is 9.42. The normalized spacial score (nSPS) is 26.5. The number of alkyl halides is 3. The molecule has 2 aromatic carbocycles. The Morgan fingerprint density at radius 2 is 1.74 bits per heavy atom. The van der Waals surface area contributed by atoms with Crippen LogP contribution in [0.4, 0.5) is 13.2 Å². The minimum absolute atomic E-state index is 0.00240. The van der Waals surface area contributed by atoms with Crippen LogP contribution in [0.3, 0.4) is 0 Å². The fourth-order valence-electron chi connectivity index (χ4n) is 9.11. The number of carbonyl (C=O) groups excluding carboxylic acids is 4. The van der Waals surface area contributed by atoms with E-state index in [-0.39, 0.29) is 51.7 Å². The number of amides is 4. The molecule has 5 aliphatic rings. The molecule has 4 fully saturated rings. The second-order valence-corrected chi connectivity index (χ2v) is 19.3. The molecule has 2 N–H and O–H groups in total. The largest absolute Gasteiger partial charge is 0.497 e.